The number of fused-ring (bicyclic) bond motifs is 1. The summed E-state index contributed by atoms with van der Waals surface area (Å²) in [5.41, 5.74) is 1.97. The number of pyridine rings is 1. The molecule has 2 aliphatic heterocycles. The average molecular weight is 395 g/mol. The Morgan fingerprint density at radius 2 is 1.97 bits per heavy atom. The first kappa shape index (κ1) is 19.7. The van der Waals surface area contributed by atoms with E-state index in [9.17, 15) is 4.79 Å². The molecule has 2 fully saturated rings. The zero-order chi connectivity index (χ0) is 20.4. The smallest absolute Gasteiger partial charge is 0.252 e. The molecule has 2 aliphatic rings. The van der Waals surface area contributed by atoms with Crippen molar-refractivity contribution < 1.29 is 9.53 Å². The predicted octanol–water partition coefficient (Wildman–Crippen LogP) is 2.97. The summed E-state index contributed by atoms with van der Waals surface area (Å²) < 4.78 is 5.31. The van der Waals surface area contributed by atoms with Crippen LogP contribution in [0.15, 0.2) is 42.6 Å². The normalized spacial score (nSPS) is 23.8. The van der Waals surface area contributed by atoms with Crippen molar-refractivity contribution in [1.82, 2.24) is 15.2 Å². The Labute approximate surface area is 172 Å². The first-order chi connectivity index (χ1) is 14.1. The fourth-order valence-electron chi connectivity index (χ4n) is 4.80. The third-order valence-electron chi connectivity index (χ3n) is 6.22. The maximum absolute atomic E-state index is 12.1. The van der Waals surface area contributed by atoms with Crippen LogP contribution in [0.3, 0.4) is 0 Å². The number of likely N-dealkylation sites (tertiary alicyclic amines) is 1. The average Bonchev–Trinajstić information content (AvgIpc) is 3.29. The molecular weight excluding hydrogens is 364 g/mol. The van der Waals surface area contributed by atoms with Crippen molar-refractivity contribution in [2.24, 2.45) is 11.8 Å². The number of carbonyl (C=O) groups excluding carboxylic acids is 1. The minimum Gasteiger partial charge on any atom is -0.497 e. The van der Waals surface area contributed by atoms with Crippen molar-refractivity contribution in [3.8, 4) is 5.75 Å². The Hall–Kier alpha value is -2.60. The summed E-state index contributed by atoms with van der Waals surface area (Å²) in [6, 6.07) is 12.7. The second kappa shape index (κ2) is 8.41. The van der Waals surface area contributed by atoms with Crippen molar-refractivity contribution in [3.63, 3.8) is 0 Å². The summed E-state index contributed by atoms with van der Waals surface area (Å²) in [5, 5.41) is 2.90. The summed E-state index contributed by atoms with van der Waals surface area (Å²) >= 11 is 0. The number of methoxy groups -OCH3 is 1. The number of anilines is 1. The van der Waals surface area contributed by atoms with Gasteiger partial charge in [-0.2, -0.15) is 0 Å². The van der Waals surface area contributed by atoms with E-state index < -0.39 is 0 Å². The van der Waals surface area contributed by atoms with Crippen molar-refractivity contribution >= 4 is 11.7 Å². The molecule has 6 nitrogen and oxygen atoms in total. The Bertz CT molecular complexity index is 837. The molecule has 2 aromatic rings. The van der Waals surface area contributed by atoms with Crippen LogP contribution >= 0.6 is 0 Å². The van der Waals surface area contributed by atoms with Gasteiger partial charge in [-0.3, -0.25) is 9.69 Å². The number of aromatic nitrogens is 1. The van der Waals surface area contributed by atoms with Gasteiger partial charge in [0.05, 0.1) is 12.7 Å². The van der Waals surface area contributed by atoms with Crippen LogP contribution in [0.2, 0.25) is 0 Å². The molecule has 1 amide bonds. The van der Waals surface area contributed by atoms with Gasteiger partial charge in [-0.1, -0.05) is 19.1 Å². The third kappa shape index (κ3) is 3.94. The zero-order valence-electron chi connectivity index (χ0n) is 17.5. The zero-order valence-corrected chi connectivity index (χ0v) is 17.5. The topological polar surface area (TPSA) is 57.7 Å². The van der Waals surface area contributed by atoms with Crippen molar-refractivity contribution in [3.05, 3.63) is 53.7 Å². The molecule has 0 radical (unpaired) electrons. The van der Waals surface area contributed by atoms with Gasteiger partial charge in [0.2, 0.25) is 0 Å². The molecule has 0 spiro atoms. The van der Waals surface area contributed by atoms with E-state index in [-0.39, 0.29) is 5.91 Å². The monoisotopic (exact) mass is 394 g/mol. The first-order valence-electron chi connectivity index (χ1n) is 10.4. The van der Waals surface area contributed by atoms with Gasteiger partial charge in [0.15, 0.2) is 0 Å². The lowest BCUT2D eigenvalue weighted by atomic mass is 9.89. The molecule has 0 saturated carbocycles. The van der Waals surface area contributed by atoms with E-state index in [4.69, 9.17) is 4.74 Å². The van der Waals surface area contributed by atoms with E-state index >= 15 is 0 Å². The number of hydrogen-bond donors (Lipinski definition) is 1. The van der Waals surface area contributed by atoms with E-state index in [0.29, 0.717) is 30.0 Å². The molecule has 2 saturated heterocycles. The highest BCUT2D eigenvalue weighted by Crippen LogP contribution is 2.45. The van der Waals surface area contributed by atoms with Crippen LogP contribution in [0.4, 0.5) is 5.82 Å². The summed E-state index contributed by atoms with van der Waals surface area (Å²) in [5.74, 6) is 3.00. The molecule has 3 heterocycles. The van der Waals surface area contributed by atoms with Crippen LogP contribution in [-0.2, 0) is 0 Å². The minimum absolute atomic E-state index is 0.0506. The largest absolute Gasteiger partial charge is 0.497 e. The maximum atomic E-state index is 12.1. The Balaban J connectivity index is 1.46. The quantitative estimate of drug-likeness (QED) is 0.816. The van der Waals surface area contributed by atoms with Gasteiger partial charge in [0.1, 0.15) is 11.6 Å². The van der Waals surface area contributed by atoms with Gasteiger partial charge >= 0.3 is 0 Å². The highest BCUT2D eigenvalue weighted by Gasteiger charge is 2.46. The van der Waals surface area contributed by atoms with Crippen molar-refractivity contribution in [2.75, 3.05) is 45.2 Å². The lowest BCUT2D eigenvalue weighted by Gasteiger charge is -2.27. The summed E-state index contributed by atoms with van der Waals surface area (Å²) in [6.07, 6.45) is 2.62. The van der Waals surface area contributed by atoms with Crippen LogP contribution in [0, 0.1) is 11.8 Å². The molecule has 0 unspecified atom stereocenters. The van der Waals surface area contributed by atoms with Gasteiger partial charge < -0.3 is 15.0 Å². The number of carbonyl (C=O) groups is 1. The second-order valence-corrected chi connectivity index (χ2v) is 8.15. The summed E-state index contributed by atoms with van der Waals surface area (Å²) in [6.45, 7) is 5.82. The Morgan fingerprint density at radius 1 is 1.17 bits per heavy atom. The summed E-state index contributed by atoms with van der Waals surface area (Å²) in [4.78, 5) is 21.5. The Kier molecular flexibility index (Phi) is 5.72. The van der Waals surface area contributed by atoms with Crippen molar-refractivity contribution in [1.29, 1.82) is 0 Å². The SMILES string of the molecule is CCCNC(=O)c1ccc(N2C[C@@H]3CN(C)[C@H](c4ccc(OC)cc4)[C@@H]3C2)nc1. The highest BCUT2D eigenvalue weighted by atomic mass is 16.5. The number of nitrogens with zero attached hydrogens (tertiary/aromatic N) is 3. The first-order valence-corrected chi connectivity index (χ1v) is 10.4. The molecule has 3 atom stereocenters. The van der Waals surface area contributed by atoms with E-state index in [1.165, 1.54) is 5.56 Å². The van der Waals surface area contributed by atoms with Crippen LogP contribution in [-0.4, -0.2) is 56.1 Å². The highest BCUT2D eigenvalue weighted by molar-refractivity contribution is 5.94. The number of ether oxygens (including phenoxy) is 1. The number of benzene rings is 1. The fourth-order valence-corrected chi connectivity index (χ4v) is 4.80. The third-order valence-corrected chi connectivity index (χ3v) is 6.22. The number of rotatable bonds is 6. The van der Waals surface area contributed by atoms with Crippen LogP contribution in [0.25, 0.3) is 0 Å². The van der Waals surface area contributed by atoms with E-state index in [0.717, 1.165) is 37.6 Å². The van der Waals surface area contributed by atoms with Gasteiger partial charge in [-0.05, 0) is 49.2 Å². The molecule has 0 aliphatic carbocycles. The number of hydrogen-bond acceptors (Lipinski definition) is 5. The lowest BCUT2D eigenvalue weighted by molar-refractivity contribution is 0.0953. The molecular formula is C23H30N4O2. The van der Waals surface area contributed by atoms with Crippen LogP contribution < -0.4 is 15.0 Å². The molecule has 1 aromatic heterocycles. The predicted molar refractivity (Wildman–Crippen MR) is 114 cm³/mol. The minimum atomic E-state index is -0.0506. The molecule has 1 aromatic carbocycles. The van der Waals surface area contributed by atoms with Gasteiger partial charge in [0, 0.05) is 44.3 Å². The molecule has 154 valence electrons. The lowest BCUT2D eigenvalue weighted by Crippen LogP contribution is -2.29. The van der Waals surface area contributed by atoms with Gasteiger partial charge in [-0.25, -0.2) is 4.98 Å². The van der Waals surface area contributed by atoms with E-state index in [2.05, 4.69) is 39.3 Å². The van der Waals surface area contributed by atoms with E-state index in [1.54, 1.807) is 13.3 Å². The van der Waals surface area contributed by atoms with E-state index in [1.807, 2.05) is 31.2 Å². The van der Waals surface area contributed by atoms with Crippen LogP contribution in [0.1, 0.15) is 35.3 Å². The summed E-state index contributed by atoms with van der Waals surface area (Å²) in [7, 11) is 3.92. The Morgan fingerprint density at radius 3 is 2.62 bits per heavy atom. The maximum Gasteiger partial charge on any atom is 0.252 e. The fraction of sp³-hybridized carbons (Fsp3) is 0.478. The van der Waals surface area contributed by atoms with Gasteiger partial charge in [0.25, 0.3) is 5.91 Å². The molecule has 0 bridgehead atoms. The second-order valence-electron chi connectivity index (χ2n) is 8.15. The molecule has 4 rings (SSSR count). The standard InChI is InChI=1S/C23H30N4O2/c1-4-11-24-23(28)17-7-10-21(25-12-17)27-14-18-13-26(2)22(20(18)15-27)16-5-8-19(29-3)9-6-16/h5-10,12,18,20,22H,4,11,13-15H2,1-3H3,(H,24,28)/t18-,20+,22+/m0/s1. The number of nitrogens with one attached hydrogen (secondary N) is 1. The van der Waals surface area contributed by atoms with Crippen LogP contribution in [0.5, 0.6) is 5.75 Å². The molecule has 29 heavy (non-hydrogen) atoms. The molecule has 1 N–H and O–H groups in total. The van der Waals surface area contributed by atoms with Crippen molar-refractivity contribution in [2.45, 2.75) is 19.4 Å². The van der Waals surface area contributed by atoms with Gasteiger partial charge in [-0.15, -0.1) is 0 Å². The molecule has 6 heteroatoms. The number of amides is 1.